The van der Waals surface area contributed by atoms with Crippen molar-refractivity contribution in [1.29, 1.82) is 0 Å². The van der Waals surface area contributed by atoms with E-state index in [2.05, 4.69) is 17.5 Å². The molecule has 6 heteroatoms. The lowest BCUT2D eigenvalue weighted by atomic mass is 10.2. The normalized spacial score (nSPS) is 9.50. The number of anilines is 1. The van der Waals surface area contributed by atoms with Crippen LogP contribution in [0.4, 0.5) is 5.69 Å². The summed E-state index contributed by atoms with van der Waals surface area (Å²) in [5.41, 5.74) is 5.59. The van der Waals surface area contributed by atoms with E-state index < -0.39 is 5.97 Å². The van der Waals surface area contributed by atoms with E-state index in [1.165, 1.54) is 12.1 Å². The van der Waals surface area contributed by atoms with Crippen molar-refractivity contribution in [1.82, 2.24) is 0 Å². The maximum Gasteiger partial charge on any atom is 0.337 e. The van der Waals surface area contributed by atoms with E-state index in [4.69, 9.17) is 22.4 Å². The van der Waals surface area contributed by atoms with Gasteiger partial charge in [0.05, 0.1) is 11.3 Å². The summed E-state index contributed by atoms with van der Waals surface area (Å²) in [5, 5.41) is 11.7. The van der Waals surface area contributed by atoms with E-state index in [0.29, 0.717) is 10.7 Å². The van der Waals surface area contributed by atoms with Crippen LogP contribution in [0.25, 0.3) is 0 Å². The molecule has 1 aromatic rings. The minimum Gasteiger partial charge on any atom is -0.478 e. The van der Waals surface area contributed by atoms with Gasteiger partial charge in [-0.25, -0.2) is 4.79 Å². The molecule has 0 aliphatic heterocycles. The molecule has 14 heavy (non-hydrogen) atoms. The summed E-state index contributed by atoms with van der Waals surface area (Å²) < 4.78 is 0. The van der Waals surface area contributed by atoms with Gasteiger partial charge in [-0.1, -0.05) is 11.6 Å². The van der Waals surface area contributed by atoms with Crippen LogP contribution in [0.15, 0.2) is 18.2 Å². The molecule has 4 nitrogen and oxygen atoms in total. The molecular formula is C8H7ClN2O2S. The molecule has 0 saturated carbocycles. The van der Waals surface area contributed by atoms with Gasteiger partial charge in [0, 0.05) is 5.02 Å². The van der Waals surface area contributed by atoms with E-state index >= 15 is 0 Å². The van der Waals surface area contributed by atoms with Crippen LogP contribution in [0.5, 0.6) is 0 Å². The number of carbonyl (C=O) groups is 1. The largest absolute Gasteiger partial charge is 0.478 e. The number of rotatable bonds is 2. The van der Waals surface area contributed by atoms with Crippen LogP contribution < -0.4 is 11.1 Å². The number of carboxylic acid groups (broad SMARTS) is 1. The van der Waals surface area contributed by atoms with E-state index in [9.17, 15) is 4.79 Å². The first-order valence-corrected chi connectivity index (χ1v) is 4.38. The van der Waals surface area contributed by atoms with Crippen molar-refractivity contribution in [3.05, 3.63) is 28.8 Å². The molecule has 0 amide bonds. The third-order valence-corrected chi connectivity index (χ3v) is 1.81. The van der Waals surface area contributed by atoms with Gasteiger partial charge in [-0.2, -0.15) is 0 Å². The van der Waals surface area contributed by atoms with Gasteiger partial charge in [0.1, 0.15) is 0 Å². The number of carboxylic acids is 1. The number of nitrogens with two attached hydrogens (primary N) is 1. The fraction of sp³-hybridized carbons (Fsp3) is 0. The predicted octanol–water partition coefficient (Wildman–Crippen LogP) is 1.69. The molecule has 0 radical (unpaired) electrons. The Morgan fingerprint density at radius 2 is 2.21 bits per heavy atom. The van der Waals surface area contributed by atoms with E-state index in [1.54, 1.807) is 6.07 Å². The third-order valence-electron chi connectivity index (χ3n) is 1.47. The zero-order chi connectivity index (χ0) is 10.7. The molecule has 0 bridgehead atoms. The Morgan fingerprint density at radius 1 is 1.57 bits per heavy atom. The number of nitrogens with one attached hydrogen (secondary N) is 1. The molecule has 0 unspecified atom stereocenters. The number of halogens is 1. The van der Waals surface area contributed by atoms with Crippen molar-refractivity contribution in [3.63, 3.8) is 0 Å². The monoisotopic (exact) mass is 230 g/mol. The molecule has 1 rings (SSSR count). The number of benzene rings is 1. The highest BCUT2D eigenvalue weighted by molar-refractivity contribution is 7.80. The lowest BCUT2D eigenvalue weighted by Gasteiger charge is -2.07. The second kappa shape index (κ2) is 4.26. The summed E-state index contributed by atoms with van der Waals surface area (Å²) >= 11 is 10.2. The Morgan fingerprint density at radius 3 is 2.71 bits per heavy atom. The molecular weight excluding hydrogens is 224 g/mol. The Hall–Kier alpha value is -1.33. The molecule has 0 saturated heterocycles. The summed E-state index contributed by atoms with van der Waals surface area (Å²) in [6, 6.07) is 4.38. The molecule has 4 N–H and O–H groups in total. The molecule has 0 aliphatic rings. The summed E-state index contributed by atoms with van der Waals surface area (Å²) in [4.78, 5) is 10.8. The van der Waals surface area contributed by atoms with Gasteiger partial charge in [0.25, 0.3) is 0 Å². The van der Waals surface area contributed by atoms with Crippen LogP contribution in [-0.4, -0.2) is 16.2 Å². The van der Waals surface area contributed by atoms with Crippen molar-refractivity contribution in [2.45, 2.75) is 0 Å². The minimum absolute atomic E-state index is 0.00909. The zero-order valence-corrected chi connectivity index (χ0v) is 8.52. The molecule has 0 aliphatic carbocycles. The van der Waals surface area contributed by atoms with Gasteiger partial charge in [0.15, 0.2) is 5.11 Å². The van der Waals surface area contributed by atoms with Crippen LogP contribution in [0.1, 0.15) is 10.4 Å². The first-order valence-electron chi connectivity index (χ1n) is 3.60. The Labute approximate surface area is 90.7 Å². The van der Waals surface area contributed by atoms with E-state index in [0.717, 1.165) is 0 Å². The highest BCUT2D eigenvalue weighted by Crippen LogP contribution is 2.20. The fourth-order valence-corrected chi connectivity index (χ4v) is 1.22. The Bertz CT molecular complexity index is 395. The maximum atomic E-state index is 10.8. The van der Waals surface area contributed by atoms with Crippen molar-refractivity contribution in [2.24, 2.45) is 5.73 Å². The molecule has 0 heterocycles. The van der Waals surface area contributed by atoms with Crippen LogP contribution >= 0.6 is 23.8 Å². The smallest absolute Gasteiger partial charge is 0.337 e. The predicted molar refractivity (Wildman–Crippen MR) is 58.8 cm³/mol. The number of thiocarbonyl (C=S) groups is 1. The molecule has 74 valence electrons. The van der Waals surface area contributed by atoms with Crippen LogP contribution in [-0.2, 0) is 0 Å². The molecule has 0 spiro atoms. The SMILES string of the molecule is NC(=S)Nc1ccc(Cl)cc1C(=O)O. The average Bonchev–Trinajstić information content (AvgIpc) is 2.07. The third kappa shape index (κ3) is 2.58. The van der Waals surface area contributed by atoms with Gasteiger partial charge < -0.3 is 16.2 Å². The first kappa shape index (κ1) is 10.7. The number of hydrogen-bond acceptors (Lipinski definition) is 2. The maximum absolute atomic E-state index is 10.8. The second-order valence-electron chi connectivity index (χ2n) is 2.48. The van der Waals surface area contributed by atoms with Crippen LogP contribution in [0, 0.1) is 0 Å². The average molecular weight is 231 g/mol. The van der Waals surface area contributed by atoms with Gasteiger partial charge in [-0.15, -0.1) is 0 Å². The quantitative estimate of drug-likeness (QED) is 0.675. The fourth-order valence-electron chi connectivity index (χ4n) is 0.935. The highest BCUT2D eigenvalue weighted by Gasteiger charge is 2.10. The molecule has 1 aromatic carbocycles. The Balaban J connectivity index is 3.14. The minimum atomic E-state index is -1.09. The standard InChI is InChI=1S/C8H7ClN2O2S/c9-4-1-2-6(11-8(10)14)5(3-4)7(12)13/h1-3H,(H,12,13)(H3,10,11,14). The van der Waals surface area contributed by atoms with Gasteiger partial charge >= 0.3 is 5.97 Å². The van der Waals surface area contributed by atoms with Crippen molar-refractivity contribution in [2.75, 3.05) is 5.32 Å². The van der Waals surface area contributed by atoms with Crippen molar-refractivity contribution >= 4 is 40.6 Å². The van der Waals surface area contributed by atoms with Crippen molar-refractivity contribution in [3.8, 4) is 0 Å². The van der Waals surface area contributed by atoms with Crippen LogP contribution in [0.3, 0.4) is 0 Å². The summed E-state index contributed by atoms with van der Waals surface area (Å²) in [7, 11) is 0. The topological polar surface area (TPSA) is 75.3 Å². The summed E-state index contributed by atoms with van der Waals surface area (Å²) in [6.07, 6.45) is 0. The van der Waals surface area contributed by atoms with Crippen LogP contribution in [0.2, 0.25) is 5.02 Å². The number of aromatic carboxylic acids is 1. The zero-order valence-electron chi connectivity index (χ0n) is 6.95. The first-order chi connectivity index (χ1) is 6.50. The summed E-state index contributed by atoms with van der Waals surface area (Å²) in [5.74, 6) is -1.09. The Kier molecular flexibility index (Phi) is 3.27. The van der Waals surface area contributed by atoms with Gasteiger partial charge in [-0.3, -0.25) is 0 Å². The van der Waals surface area contributed by atoms with E-state index in [-0.39, 0.29) is 10.7 Å². The lowest BCUT2D eigenvalue weighted by molar-refractivity contribution is 0.0698. The highest BCUT2D eigenvalue weighted by atomic mass is 35.5. The van der Waals surface area contributed by atoms with E-state index in [1.807, 2.05) is 0 Å². The van der Waals surface area contributed by atoms with Gasteiger partial charge in [0.2, 0.25) is 0 Å². The van der Waals surface area contributed by atoms with Crippen molar-refractivity contribution < 1.29 is 9.90 Å². The lowest BCUT2D eigenvalue weighted by Crippen LogP contribution is -2.20. The number of hydrogen-bond donors (Lipinski definition) is 3. The van der Waals surface area contributed by atoms with Gasteiger partial charge in [-0.05, 0) is 30.4 Å². The molecule has 0 atom stereocenters. The summed E-state index contributed by atoms with van der Waals surface area (Å²) in [6.45, 7) is 0. The molecule has 0 aromatic heterocycles. The molecule has 0 fully saturated rings. The second-order valence-corrected chi connectivity index (χ2v) is 3.36.